The second kappa shape index (κ2) is 8.53. The molecule has 3 nitrogen and oxygen atoms in total. The van der Waals surface area contributed by atoms with Gasteiger partial charge in [-0.2, -0.15) is 11.8 Å². The predicted molar refractivity (Wildman–Crippen MR) is 62.9 cm³/mol. The molecule has 4 heteroatoms. The molecule has 0 aliphatic rings. The minimum Gasteiger partial charge on any atom is -0.355 e. The molecule has 0 radical (unpaired) electrons. The van der Waals surface area contributed by atoms with Crippen molar-refractivity contribution in [2.75, 3.05) is 39.8 Å². The quantitative estimate of drug-likeness (QED) is 0.581. The number of hydrogen-bond donors (Lipinski definition) is 0. The van der Waals surface area contributed by atoms with E-state index in [0.717, 1.165) is 18.7 Å². The van der Waals surface area contributed by atoms with Crippen LogP contribution in [0, 0.1) is 0 Å². The normalized spacial score (nSPS) is 13.9. The standard InChI is InChI=1S/C10H23NO2S/c1-6-9(8-14-5)11(2)7-10(12-3)13-4/h9-10H,6-8H2,1-5H3. The molecule has 0 rings (SSSR count). The first kappa shape index (κ1) is 14.2. The zero-order chi connectivity index (χ0) is 11.0. The Bertz CT molecular complexity index is 131. The molecule has 0 aromatic carbocycles. The molecule has 0 bridgehead atoms. The van der Waals surface area contributed by atoms with Crippen LogP contribution in [0.5, 0.6) is 0 Å². The lowest BCUT2D eigenvalue weighted by Crippen LogP contribution is -2.40. The van der Waals surface area contributed by atoms with Gasteiger partial charge in [0.05, 0.1) is 0 Å². The van der Waals surface area contributed by atoms with E-state index in [0.29, 0.717) is 6.04 Å². The highest BCUT2D eigenvalue weighted by Gasteiger charge is 2.16. The maximum Gasteiger partial charge on any atom is 0.169 e. The van der Waals surface area contributed by atoms with E-state index in [9.17, 15) is 0 Å². The van der Waals surface area contributed by atoms with Gasteiger partial charge < -0.3 is 9.47 Å². The van der Waals surface area contributed by atoms with E-state index < -0.39 is 0 Å². The summed E-state index contributed by atoms with van der Waals surface area (Å²) in [6.07, 6.45) is 3.19. The van der Waals surface area contributed by atoms with Crippen molar-refractivity contribution < 1.29 is 9.47 Å². The van der Waals surface area contributed by atoms with Crippen LogP contribution in [0.2, 0.25) is 0 Å². The van der Waals surface area contributed by atoms with Gasteiger partial charge in [0.1, 0.15) is 0 Å². The molecule has 0 saturated carbocycles. The average molecular weight is 221 g/mol. The summed E-state index contributed by atoms with van der Waals surface area (Å²) < 4.78 is 10.3. The summed E-state index contributed by atoms with van der Waals surface area (Å²) in [5, 5.41) is 0. The molecule has 0 fully saturated rings. The van der Waals surface area contributed by atoms with Crippen molar-refractivity contribution in [3.8, 4) is 0 Å². The first-order valence-electron chi connectivity index (χ1n) is 4.94. The number of methoxy groups -OCH3 is 2. The first-order valence-corrected chi connectivity index (χ1v) is 6.33. The van der Waals surface area contributed by atoms with Crippen molar-refractivity contribution >= 4 is 11.8 Å². The smallest absolute Gasteiger partial charge is 0.169 e. The van der Waals surface area contributed by atoms with Gasteiger partial charge in [-0.3, -0.25) is 4.90 Å². The van der Waals surface area contributed by atoms with Crippen LogP contribution in [0.4, 0.5) is 0 Å². The molecule has 1 unspecified atom stereocenters. The Morgan fingerprint density at radius 1 is 1.29 bits per heavy atom. The van der Waals surface area contributed by atoms with Crippen LogP contribution in [0.3, 0.4) is 0 Å². The second-order valence-electron chi connectivity index (χ2n) is 3.36. The van der Waals surface area contributed by atoms with Crippen molar-refractivity contribution in [2.24, 2.45) is 0 Å². The monoisotopic (exact) mass is 221 g/mol. The van der Waals surface area contributed by atoms with Crippen LogP contribution >= 0.6 is 11.8 Å². The largest absolute Gasteiger partial charge is 0.355 e. The maximum atomic E-state index is 5.17. The van der Waals surface area contributed by atoms with E-state index in [2.05, 4.69) is 25.1 Å². The molecule has 0 saturated heterocycles. The molecule has 0 aliphatic heterocycles. The van der Waals surface area contributed by atoms with Gasteiger partial charge in [0.25, 0.3) is 0 Å². The molecule has 0 amide bonds. The minimum atomic E-state index is -0.115. The first-order chi connectivity index (χ1) is 6.69. The minimum absolute atomic E-state index is 0.115. The Morgan fingerprint density at radius 3 is 2.21 bits per heavy atom. The highest BCUT2D eigenvalue weighted by atomic mass is 32.2. The summed E-state index contributed by atoms with van der Waals surface area (Å²) in [7, 11) is 5.48. The van der Waals surface area contributed by atoms with E-state index in [1.54, 1.807) is 14.2 Å². The maximum absolute atomic E-state index is 5.17. The zero-order valence-electron chi connectivity index (χ0n) is 9.95. The number of likely N-dealkylation sites (N-methyl/N-ethyl adjacent to an activating group) is 1. The van der Waals surface area contributed by atoms with Crippen LogP contribution in [-0.2, 0) is 9.47 Å². The Hall–Kier alpha value is 0.230. The second-order valence-corrected chi connectivity index (χ2v) is 4.27. The summed E-state index contributed by atoms with van der Waals surface area (Å²) in [5.74, 6) is 1.16. The summed E-state index contributed by atoms with van der Waals surface area (Å²) >= 11 is 1.88. The molecule has 86 valence electrons. The molecule has 0 heterocycles. The Morgan fingerprint density at radius 2 is 1.86 bits per heavy atom. The predicted octanol–water partition coefficient (Wildman–Crippen LogP) is 1.68. The molecule has 0 aromatic heterocycles. The number of thioether (sulfide) groups is 1. The fourth-order valence-corrected chi connectivity index (χ4v) is 2.25. The summed E-state index contributed by atoms with van der Waals surface area (Å²) in [6.45, 7) is 3.04. The Kier molecular flexibility index (Phi) is 8.67. The van der Waals surface area contributed by atoms with Crippen LogP contribution in [0.25, 0.3) is 0 Å². The van der Waals surface area contributed by atoms with E-state index in [1.807, 2.05) is 11.8 Å². The third kappa shape index (κ3) is 5.20. The lowest BCUT2D eigenvalue weighted by atomic mass is 10.2. The van der Waals surface area contributed by atoms with Gasteiger partial charge >= 0.3 is 0 Å². The van der Waals surface area contributed by atoms with Crippen LogP contribution in [-0.4, -0.2) is 57.1 Å². The average Bonchev–Trinajstić information content (AvgIpc) is 2.22. The molecule has 0 N–H and O–H groups in total. The van der Waals surface area contributed by atoms with Crippen molar-refractivity contribution in [2.45, 2.75) is 25.7 Å². The van der Waals surface area contributed by atoms with Gasteiger partial charge in [-0.05, 0) is 19.7 Å². The van der Waals surface area contributed by atoms with Gasteiger partial charge in [-0.1, -0.05) is 6.92 Å². The van der Waals surface area contributed by atoms with Gasteiger partial charge in [0, 0.05) is 32.6 Å². The highest BCUT2D eigenvalue weighted by molar-refractivity contribution is 7.98. The molecule has 0 spiro atoms. The van der Waals surface area contributed by atoms with Crippen molar-refractivity contribution in [1.29, 1.82) is 0 Å². The van der Waals surface area contributed by atoms with E-state index in [-0.39, 0.29) is 6.29 Å². The summed E-state index contributed by atoms with van der Waals surface area (Å²) in [5.41, 5.74) is 0. The zero-order valence-corrected chi connectivity index (χ0v) is 10.8. The molecular weight excluding hydrogens is 198 g/mol. The fraction of sp³-hybridized carbons (Fsp3) is 1.00. The number of rotatable bonds is 8. The third-order valence-electron chi connectivity index (χ3n) is 2.42. The lowest BCUT2D eigenvalue weighted by molar-refractivity contribution is -0.116. The SMILES string of the molecule is CCC(CSC)N(C)CC(OC)OC. The van der Waals surface area contributed by atoms with Crippen LogP contribution < -0.4 is 0 Å². The van der Waals surface area contributed by atoms with Gasteiger partial charge in [-0.25, -0.2) is 0 Å². The van der Waals surface area contributed by atoms with E-state index in [4.69, 9.17) is 9.47 Å². The summed E-state index contributed by atoms with van der Waals surface area (Å²) in [4.78, 5) is 2.30. The highest BCUT2D eigenvalue weighted by Crippen LogP contribution is 2.09. The Labute approximate surface area is 92.1 Å². The van der Waals surface area contributed by atoms with Crippen LogP contribution in [0.15, 0.2) is 0 Å². The molecule has 14 heavy (non-hydrogen) atoms. The van der Waals surface area contributed by atoms with E-state index >= 15 is 0 Å². The van der Waals surface area contributed by atoms with Gasteiger partial charge in [0.15, 0.2) is 6.29 Å². The molecular formula is C10H23NO2S. The molecule has 1 atom stereocenters. The van der Waals surface area contributed by atoms with Crippen molar-refractivity contribution in [3.05, 3.63) is 0 Å². The number of hydrogen-bond acceptors (Lipinski definition) is 4. The van der Waals surface area contributed by atoms with Crippen LogP contribution in [0.1, 0.15) is 13.3 Å². The number of ether oxygens (including phenoxy) is 2. The lowest BCUT2D eigenvalue weighted by Gasteiger charge is -2.29. The molecule has 0 aromatic rings. The van der Waals surface area contributed by atoms with Gasteiger partial charge in [0.2, 0.25) is 0 Å². The van der Waals surface area contributed by atoms with E-state index in [1.165, 1.54) is 0 Å². The fourth-order valence-electron chi connectivity index (χ4n) is 1.38. The van der Waals surface area contributed by atoms with Crippen molar-refractivity contribution in [1.82, 2.24) is 4.90 Å². The third-order valence-corrected chi connectivity index (χ3v) is 3.13. The number of nitrogens with zero attached hydrogens (tertiary/aromatic N) is 1. The topological polar surface area (TPSA) is 21.7 Å². The summed E-state index contributed by atoms with van der Waals surface area (Å²) in [6, 6.07) is 0.609. The molecule has 0 aliphatic carbocycles. The van der Waals surface area contributed by atoms with Crippen molar-refractivity contribution in [3.63, 3.8) is 0 Å². The van der Waals surface area contributed by atoms with Gasteiger partial charge in [-0.15, -0.1) is 0 Å². The Balaban J connectivity index is 3.94.